The normalized spacial score (nSPS) is 18.9. The Morgan fingerprint density at radius 1 is 1.22 bits per heavy atom. The number of amides is 1. The second-order valence-corrected chi connectivity index (χ2v) is 6.89. The van der Waals surface area contributed by atoms with E-state index in [9.17, 15) is 9.18 Å². The quantitative estimate of drug-likeness (QED) is 0.783. The molecule has 1 aliphatic heterocycles. The molecule has 0 saturated carbocycles. The molecule has 1 aliphatic rings. The number of carbonyl (C=O) groups excluding carboxylic acids is 1. The number of rotatable bonds is 6. The van der Waals surface area contributed by atoms with Gasteiger partial charge in [-0.1, -0.05) is 41.9 Å². The molecule has 3 rings (SSSR count). The van der Waals surface area contributed by atoms with E-state index in [1.54, 1.807) is 0 Å². The Morgan fingerprint density at radius 2 is 1.96 bits per heavy atom. The van der Waals surface area contributed by atoms with Crippen molar-refractivity contribution in [3.63, 3.8) is 0 Å². The van der Waals surface area contributed by atoms with Gasteiger partial charge in [0.05, 0.1) is 18.1 Å². The molecule has 146 valence electrons. The van der Waals surface area contributed by atoms with Gasteiger partial charge in [0.2, 0.25) is 5.91 Å². The fourth-order valence-electron chi connectivity index (χ4n) is 3.39. The van der Waals surface area contributed by atoms with Crippen LogP contribution < -0.4 is 10.5 Å². The van der Waals surface area contributed by atoms with Crippen molar-refractivity contribution in [2.45, 2.75) is 12.3 Å². The molecule has 0 aliphatic carbocycles. The van der Waals surface area contributed by atoms with E-state index < -0.39 is 5.82 Å². The standard InChI is InChI=1S/C20H22ClFN2O2.ClH/c21-18-10-16(22)6-7-19(18)26-9-8-20(25)24-12-15(11-23)17(13-24)14-4-2-1-3-5-14;/h1-7,10,15,17H,8-9,11-13,23H2;1H/t15-,17+;/m1./s1. The third-order valence-corrected chi connectivity index (χ3v) is 5.09. The Labute approximate surface area is 169 Å². The summed E-state index contributed by atoms with van der Waals surface area (Å²) in [5.41, 5.74) is 7.14. The number of ether oxygens (including phenoxy) is 1. The molecule has 1 heterocycles. The second-order valence-electron chi connectivity index (χ2n) is 6.48. The highest BCUT2D eigenvalue weighted by atomic mass is 35.5. The van der Waals surface area contributed by atoms with Gasteiger partial charge in [0.1, 0.15) is 11.6 Å². The van der Waals surface area contributed by atoms with E-state index in [1.807, 2.05) is 23.1 Å². The summed E-state index contributed by atoms with van der Waals surface area (Å²) in [6.07, 6.45) is 0.243. The van der Waals surface area contributed by atoms with Crippen LogP contribution in [0.2, 0.25) is 5.02 Å². The molecule has 1 saturated heterocycles. The van der Waals surface area contributed by atoms with E-state index >= 15 is 0 Å². The average Bonchev–Trinajstić information content (AvgIpc) is 3.09. The third-order valence-electron chi connectivity index (χ3n) is 4.79. The van der Waals surface area contributed by atoms with Crippen molar-refractivity contribution >= 4 is 29.9 Å². The summed E-state index contributed by atoms with van der Waals surface area (Å²) >= 11 is 5.92. The summed E-state index contributed by atoms with van der Waals surface area (Å²) in [7, 11) is 0. The van der Waals surface area contributed by atoms with Crippen LogP contribution in [-0.4, -0.2) is 37.0 Å². The van der Waals surface area contributed by atoms with Gasteiger partial charge in [0, 0.05) is 19.0 Å². The molecule has 0 radical (unpaired) electrons. The van der Waals surface area contributed by atoms with Crippen LogP contribution >= 0.6 is 24.0 Å². The Morgan fingerprint density at radius 3 is 2.63 bits per heavy atom. The highest BCUT2D eigenvalue weighted by molar-refractivity contribution is 6.32. The summed E-state index contributed by atoms with van der Waals surface area (Å²) in [4.78, 5) is 14.4. The van der Waals surface area contributed by atoms with Crippen LogP contribution in [0.25, 0.3) is 0 Å². The number of likely N-dealkylation sites (tertiary alicyclic amines) is 1. The van der Waals surface area contributed by atoms with Crippen LogP contribution in [0, 0.1) is 11.7 Å². The molecule has 0 spiro atoms. The fourth-order valence-corrected chi connectivity index (χ4v) is 3.61. The van der Waals surface area contributed by atoms with Crippen LogP contribution in [0.3, 0.4) is 0 Å². The molecule has 4 nitrogen and oxygen atoms in total. The number of nitrogens with zero attached hydrogens (tertiary/aromatic N) is 1. The van der Waals surface area contributed by atoms with Gasteiger partial charge in [-0.25, -0.2) is 4.39 Å². The van der Waals surface area contributed by atoms with Crippen LogP contribution in [0.1, 0.15) is 17.9 Å². The predicted molar refractivity (Wildman–Crippen MR) is 107 cm³/mol. The summed E-state index contributed by atoms with van der Waals surface area (Å²) in [5, 5.41) is 0.200. The van der Waals surface area contributed by atoms with Crippen molar-refractivity contribution in [3.05, 3.63) is 64.9 Å². The first kappa shape index (κ1) is 21.5. The second kappa shape index (κ2) is 9.93. The van der Waals surface area contributed by atoms with E-state index in [4.69, 9.17) is 22.1 Å². The smallest absolute Gasteiger partial charge is 0.226 e. The van der Waals surface area contributed by atoms with Gasteiger partial charge in [-0.3, -0.25) is 4.79 Å². The molecular weight excluding hydrogens is 390 g/mol. The molecule has 7 heteroatoms. The van der Waals surface area contributed by atoms with Gasteiger partial charge >= 0.3 is 0 Å². The van der Waals surface area contributed by atoms with Crippen molar-refractivity contribution in [2.75, 3.05) is 26.2 Å². The van der Waals surface area contributed by atoms with E-state index in [-0.39, 0.29) is 48.2 Å². The minimum absolute atomic E-state index is 0. The Kier molecular flexibility index (Phi) is 7.90. The van der Waals surface area contributed by atoms with Gasteiger partial charge in [-0.05, 0) is 36.2 Å². The van der Waals surface area contributed by atoms with Gasteiger partial charge in [-0.2, -0.15) is 0 Å². The topological polar surface area (TPSA) is 55.6 Å². The molecule has 2 N–H and O–H groups in total. The molecule has 2 aromatic rings. The number of halogens is 3. The number of nitrogens with two attached hydrogens (primary N) is 1. The lowest BCUT2D eigenvalue weighted by Gasteiger charge is -2.17. The molecule has 2 aromatic carbocycles. The largest absolute Gasteiger partial charge is 0.491 e. The summed E-state index contributed by atoms with van der Waals surface area (Å²) in [6, 6.07) is 14.1. The predicted octanol–water partition coefficient (Wildman–Crippen LogP) is 3.87. The fraction of sp³-hybridized carbons (Fsp3) is 0.350. The first-order valence-corrected chi connectivity index (χ1v) is 9.07. The maximum Gasteiger partial charge on any atom is 0.226 e. The van der Waals surface area contributed by atoms with Gasteiger partial charge < -0.3 is 15.4 Å². The van der Waals surface area contributed by atoms with Crippen molar-refractivity contribution in [1.82, 2.24) is 4.90 Å². The minimum Gasteiger partial charge on any atom is -0.491 e. The van der Waals surface area contributed by atoms with Crippen molar-refractivity contribution in [1.29, 1.82) is 0 Å². The SMILES string of the molecule is Cl.NC[C@@H]1CN(C(=O)CCOc2ccc(F)cc2Cl)C[C@H]1c1ccccc1. The highest BCUT2D eigenvalue weighted by Crippen LogP contribution is 2.32. The lowest BCUT2D eigenvalue weighted by molar-refractivity contribution is -0.130. The van der Waals surface area contributed by atoms with Crippen LogP contribution in [0.4, 0.5) is 4.39 Å². The average molecular weight is 413 g/mol. The van der Waals surface area contributed by atoms with Crippen LogP contribution in [0.5, 0.6) is 5.75 Å². The molecule has 0 aromatic heterocycles. The lowest BCUT2D eigenvalue weighted by atomic mass is 9.89. The van der Waals surface area contributed by atoms with Crippen molar-refractivity contribution < 1.29 is 13.9 Å². The first-order valence-electron chi connectivity index (χ1n) is 8.69. The minimum atomic E-state index is -0.421. The zero-order valence-electron chi connectivity index (χ0n) is 14.8. The maximum absolute atomic E-state index is 13.0. The van der Waals surface area contributed by atoms with E-state index in [0.717, 1.165) is 0 Å². The number of carbonyl (C=O) groups is 1. The van der Waals surface area contributed by atoms with Crippen LogP contribution in [-0.2, 0) is 4.79 Å². The zero-order valence-corrected chi connectivity index (χ0v) is 16.4. The molecule has 2 atom stereocenters. The number of benzene rings is 2. The highest BCUT2D eigenvalue weighted by Gasteiger charge is 2.34. The lowest BCUT2D eigenvalue weighted by Crippen LogP contribution is -2.30. The Balaban J connectivity index is 0.00000261. The molecular formula is C20H23Cl2FN2O2. The van der Waals surface area contributed by atoms with E-state index in [2.05, 4.69) is 12.1 Å². The molecule has 27 heavy (non-hydrogen) atoms. The number of hydrogen-bond donors (Lipinski definition) is 1. The molecule has 1 fully saturated rings. The summed E-state index contributed by atoms with van der Waals surface area (Å²) in [6.45, 7) is 2.07. The summed E-state index contributed by atoms with van der Waals surface area (Å²) < 4.78 is 18.6. The number of hydrogen-bond acceptors (Lipinski definition) is 3. The molecule has 0 bridgehead atoms. The van der Waals surface area contributed by atoms with E-state index in [1.165, 1.54) is 23.8 Å². The molecule has 1 amide bonds. The van der Waals surface area contributed by atoms with Crippen LogP contribution in [0.15, 0.2) is 48.5 Å². The van der Waals surface area contributed by atoms with Crippen molar-refractivity contribution in [2.24, 2.45) is 11.7 Å². The zero-order chi connectivity index (χ0) is 18.5. The Bertz CT molecular complexity index is 761. The first-order chi connectivity index (χ1) is 12.6. The van der Waals surface area contributed by atoms with Gasteiger partial charge in [0.15, 0.2) is 0 Å². The van der Waals surface area contributed by atoms with Gasteiger partial charge in [-0.15, -0.1) is 12.4 Å². The Hall–Kier alpha value is -1.82. The third kappa shape index (κ3) is 5.34. The maximum atomic E-state index is 13.0. The van der Waals surface area contributed by atoms with Gasteiger partial charge in [0.25, 0.3) is 0 Å². The monoisotopic (exact) mass is 412 g/mol. The molecule has 0 unspecified atom stereocenters. The van der Waals surface area contributed by atoms with E-state index in [0.29, 0.717) is 25.4 Å². The summed E-state index contributed by atoms with van der Waals surface area (Å²) in [5.74, 6) is 0.506. The van der Waals surface area contributed by atoms with Crippen molar-refractivity contribution in [3.8, 4) is 5.75 Å².